The fraction of sp³-hybridized carbons (Fsp3) is 0.581. The lowest BCUT2D eigenvalue weighted by atomic mass is 9.68. The van der Waals surface area contributed by atoms with E-state index in [0.717, 1.165) is 55.8 Å². The van der Waals surface area contributed by atoms with Crippen molar-refractivity contribution in [1.82, 2.24) is 14.7 Å². The summed E-state index contributed by atoms with van der Waals surface area (Å²) >= 11 is 0. The topological polar surface area (TPSA) is 54.5 Å². The second-order valence-electron chi connectivity index (χ2n) is 11.6. The average Bonchev–Trinajstić information content (AvgIpc) is 3.15. The number of carbonyl (C=O) groups excluding carboxylic acids is 1. The van der Waals surface area contributed by atoms with Crippen molar-refractivity contribution in [3.05, 3.63) is 59.7 Å². The number of methoxy groups -OCH3 is 2. The summed E-state index contributed by atoms with van der Waals surface area (Å²) < 4.78 is 16.2. The Morgan fingerprint density at radius 2 is 1.71 bits per heavy atom. The van der Waals surface area contributed by atoms with E-state index in [-0.39, 0.29) is 23.9 Å². The number of rotatable bonds is 10. The number of ether oxygens (including phenoxy) is 3. The van der Waals surface area contributed by atoms with Crippen molar-refractivity contribution < 1.29 is 19.0 Å². The minimum Gasteiger partial charge on any atom is -0.497 e. The van der Waals surface area contributed by atoms with Crippen molar-refractivity contribution >= 4 is 6.03 Å². The van der Waals surface area contributed by atoms with Gasteiger partial charge < -0.3 is 24.0 Å². The van der Waals surface area contributed by atoms with E-state index >= 15 is 0 Å². The predicted octanol–water partition coefficient (Wildman–Crippen LogP) is 5.49. The van der Waals surface area contributed by atoms with Gasteiger partial charge in [-0.05, 0) is 93.9 Å². The first kappa shape index (κ1) is 26.8. The molecule has 0 aromatic heterocycles. The highest BCUT2D eigenvalue weighted by atomic mass is 16.7. The Morgan fingerprint density at radius 3 is 2.32 bits per heavy atom. The van der Waals surface area contributed by atoms with E-state index in [2.05, 4.69) is 59.1 Å². The lowest BCUT2D eigenvalue weighted by Crippen LogP contribution is -2.56. The monoisotopic (exact) mass is 521 g/mol. The van der Waals surface area contributed by atoms with Crippen LogP contribution in [0.25, 0.3) is 0 Å². The molecule has 2 amide bonds. The third kappa shape index (κ3) is 5.10. The maximum absolute atomic E-state index is 13.9. The summed E-state index contributed by atoms with van der Waals surface area (Å²) in [6, 6.07) is 16.8. The van der Waals surface area contributed by atoms with Gasteiger partial charge in [-0.15, -0.1) is 0 Å². The molecule has 0 atom stereocenters. The van der Waals surface area contributed by atoms with Crippen molar-refractivity contribution in [1.29, 1.82) is 0 Å². The number of carbonyl (C=O) groups is 1. The van der Waals surface area contributed by atoms with E-state index in [1.807, 2.05) is 18.2 Å². The Morgan fingerprint density at radius 1 is 0.974 bits per heavy atom. The zero-order chi connectivity index (χ0) is 26.8. The third-order valence-electron chi connectivity index (χ3n) is 9.34. The highest BCUT2D eigenvalue weighted by Gasteiger charge is 2.54. The summed E-state index contributed by atoms with van der Waals surface area (Å²) in [5.74, 6) is 2.32. The molecule has 3 aliphatic rings. The van der Waals surface area contributed by atoms with Crippen LogP contribution in [0.2, 0.25) is 0 Å². The van der Waals surface area contributed by atoms with E-state index in [0.29, 0.717) is 12.5 Å². The number of hydrogen-bond donors (Lipinski definition) is 0. The van der Waals surface area contributed by atoms with Crippen LogP contribution in [-0.2, 0) is 16.8 Å². The minimum absolute atomic E-state index is 0.0910. The number of benzene rings is 2. The van der Waals surface area contributed by atoms with E-state index in [1.165, 1.54) is 24.8 Å². The van der Waals surface area contributed by atoms with Crippen LogP contribution < -0.4 is 9.47 Å². The van der Waals surface area contributed by atoms with Crippen LogP contribution in [0.3, 0.4) is 0 Å². The fourth-order valence-electron chi connectivity index (χ4n) is 6.72. The van der Waals surface area contributed by atoms with Gasteiger partial charge in [0.2, 0.25) is 0 Å². The summed E-state index contributed by atoms with van der Waals surface area (Å²) in [7, 11) is 7.69. The average molecular weight is 522 g/mol. The highest BCUT2D eigenvalue weighted by Crippen LogP contribution is 2.50. The summed E-state index contributed by atoms with van der Waals surface area (Å²) in [5, 5.41) is 0. The second-order valence-corrected chi connectivity index (χ2v) is 11.6. The lowest BCUT2D eigenvalue weighted by molar-refractivity contribution is 0.0154. The Kier molecular flexibility index (Phi) is 7.87. The van der Waals surface area contributed by atoms with E-state index in [4.69, 9.17) is 14.2 Å². The number of hydrogen-bond acceptors (Lipinski definition) is 5. The van der Waals surface area contributed by atoms with Crippen LogP contribution in [0.1, 0.15) is 56.1 Å². The van der Waals surface area contributed by atoms with Gasteiger partial charge in [-0.25, -0.2) is 4.79 Å². The molecule has 7 nitrogen and oxygen atoms in total. The van der Waals surface area contributed by atoms with Gasteiger partial charge in [0.15, 0.2) is 6.79 Å². The molecule has 7 heteroatoms. The molecule has 0 radical (unpaired) electrons. The van der Waals surface area contributed by atoms with Gasteiger partial charge in [-0.2, -0.15) is 0 Å². The van der Waals surface area contributed by atoms with Crippen LogP contribution in [0.15, 0.2) is 48.5 Å². The first-order valence-corrected chi connectivity index (χ1v) is 14.0. The molecular formula is C31H43N3O4. The van der Waals surface area contributed by atoms with Gasteiger partial charge in [0, 0.05) is 32.3 Å². The summed E-state index contributed by atoms with van der Waals surface area (Å²) in [4.78, 5) is 20.6. The number of nitrogens with zero attached hydrogens (tertiary/aromatic N) is 3. The summed E-state index contributed by atoms with van der Waals surface area (Å²) in [6.45, 7) is 2.57. The molecule has 3 fully saturated rings. The molecule has 1 spiro atoms. The van der Waals surface area contributed by atoms with Gasteiger partial charge in [0.1, 0.15) is 11.5 Å². The van der Waals surface area contributed by atoms with Crippen molar-refractivity contribution in [2.75, 3.05) is 48.2 Å². The Bertz CT molecular complexity index is 1090. The smallest absolute Gasteiger partial charge is 0.320 e. The predicted molar refractivity (Wildman–Crippen MR) is 148 cm³/mol. The SMILES string of the molecule is COCOc1cccc([C@]2(N(C)C)CC[C@]3(CC2)CN(Cc2ccc(OC)cc2)C(=O)N3CC2CCC2)c1. The van der Waals surface area contributed by atoms with Crippen LogP contribution in [0.5, 0.6) is 11.5 Å². The van der Waals surface area contributed by atoms with Crippen LogP contribution in [0.4, 0.5) is 4.79 Å². The number of amides is 2. The largest absolute Gasteiger partial charge is 0.497 e. The lowest BCUT2D eigenvalue weighted by Gasteiger charge is -2.51. The quantitative estimate of drug-likeness (QED) is 0.387. The van der Waals surface area contributed by atoms with Crippen LogP contribution >= 0.6 is 0 Å². The Balaban J connectivity index is 1.37. The summed E-state index contributed by atoms with van der Waals surface area (Å²) in [6.07, 6.45) is 7.76. The first-order chi connectivity index (χ1) is 18.4. The van der Waals surface area contributed by atoms with Crippen LogP contribution in [-0.4, -0.2) is 74.5 Å². The molecule has 2 aromatic carbocycles. The Hall–Kier alpha value is -2.77. The molecule has 0 unspecified atom stereocenters. The molecule has 0 N–H and O–H groups in total. The van der Waals surface area contributed by atoms with Gasteiger partial charge >= 0.3 is 6.03 Å². The molecule has 2 aliphatic carbocycles. The standard InChI is InChI=1S/C31H43N3O4/c1-32(2)31(26-9-6-10-28(19-26)38-23-36-3)17-15-30(16-18-31)22-33(20-25-11-13-27(37-4)14-12-25)29(35)34(30)21-24-7-5-8-24/h6,9-14,19,24H,5,7-8,15-18,20-23H2,1-4H3/t30-,31-. The fourth-order valence-corrected chi connectivity index (χ4v) is 6.72. The van der Waals surface area contributed by atoms with E-state index < -0.39 is 0 Å². The number of urea groups is 1. The second kappa shape index (κ2) is 11.1. The Labute approximate surface area is 227 Å². The molecule has 1 heterocycles. The molecular weight excluding hydrogens is 478 g/mol. The van der Waals surface area contributed by atoms with Gasteiger partial charge in [-0.3, -0.25) is 4.90 Å². The van der Waals surface area contributed by atoms with Crippen molar-refractivity contribution in [3.63, 3.8) is 0 Å². The van der Waals surface area contributed by atoms with E-state index in [1.54, 1.807) is 14.2 Å². The normalized spacial score (nSPS) is 25.8. The molecule has 2 saturated carbocycles. The maximum atomic E-state index is 13.9. The van der Waals surface area contributed by atoms with E-state index in [9.17, 15) is 4.79 Å². The minimum atomic E-state index is -0.108. The summed E-state index contributed by atoms with van der Waals surface area (Å²) in [5.41, 5.74) is 2.22. The molecule has 206 valence electrons. The zero-order valence-electron chi connectivity index (χ0n) is 23.4. The highest BCUT2D eigenvalue weighted by molar-refractivity contribution is 5.78. The first-order valence-electron chi connectivity index (χ1n) is 14.0. The molecule has 2 aromatic rings. The zero-order valence-corrected chi connectivity index (χ0v) is 23.4. The molecule has 1 saturated heterocycles. The third-order valence-corrected chi connectivity index (χ3v) is 9.34. The van der Waals surface area contributed by atoms with Crippen molar-refractivity contribution in [2.45, 2.75) is 62.6 Å². The molecule has 38 heavy (non-hydrogen) atoms. The van der Waals surface area contributed by atoms with Gasteiger partial charge in [0.05, 0.1) is 12.6 Å². The van der Waals surface area contributed by atoms with Crippen LogP contribution in [0, 0.1) is 5.92 Å². The van der Waals surface area contributed by atoms with Crippen molar-refractivity contribution in [2.24, 2.45) is 5.92 Å². The maximum Gasteiger partial charge on any atom is 0.320 e. The van der Waals surface area contributed by atoms with Gasteiger partial charge in [0.25, 0.3) is 0 Å². The van der Waals surface area contributed by atoms with Gasteiger partial charge in [-0.1, -0.05) is 30.7 Å². The molecule has 0 bridgehead atoms. The molecule has 1 aliphatic heterocycles. The molecule has 5 rings (SSSR count). The van der Waals surface area contributed by atoms with Crippen molar-refractivity contribution in [3.8, 4) is 11.5 Å².